The van der Waals surface area contributed by atoms with Gasteiger partial charge < -0.3 is 24.8 Å². The topological polar surface area (TPSA) is 79.2 Å². The average molecular weight is 348 g/mol. The SMILES string of the molecule is Cc1ccc2c(c1)C(O)OC21c2ccc(O)cc2Oc2cc(O)ccc21. The van der Waals surface area contributed by atoms with Crippen LogP contribution in [0.3, 0.4) is 0 Å². The molecule has 130 valence electrons. The number of aromatic hydroxyl groups is 2. The monoisotopic (exact) mass is 348 g/mol. The summed E-state index contributed by atoms with van der Waals surface area (Å²) in [5.74, 6) is 0.961. The molecule has 2 aliphatic rings. The summed E-state index contributed by atoms with van der Waals surface area (Å²) >= 11 is 0. The summed E-state index contributed by atoms with van der Waals surface area (Å²) in [5.41, 5.74) is 2.84. The Bertz CT molecular complexity index is 1000. The molecule has 2 aliphatic heterocycles. The molecule has 5 heteroatoms. The standard InChI is InChI=1S/C21H16O5/c1-11-2-5-15-14(8-11)20(24)26-21(15)16-6-3-12(22)9-18(16)25-19-10-13(23)4-7-17(19)21/h2-10,20,22-24H,1H3. The third-order valence-electron chi connectivity index (χ3n) is 5.05. The van der Waals surface area contributed by atoms with Crippen molar-refractivity contribution >= 4 is 0 Å². The van der Waals surface area contributed by atoms with Gasteiger partial charge in [0.2, 0.25) is 0 Å². The van der Waals surface area contributed by atoms with Crippen molar-refractivity contribution < 1.29 is 24.8 Å². The Morgan fingerprint density at radius 3 is 2.00 bits per heavy atom. The number of aryl methyl sites for hydroxylation is 1. The lowest BCUT2D eigenvalue weighted by atomic mass is 9.77. The third kappa shape index (κ3) is 1.87. The largest absolute Gasteiger partial charge is 0.508 e. The van der Waals surface area contributed by atoms with Gasteiger partial charge >= 0.3 is 0 Å². The molecule has 2 heterocycles. The third-order valence-corrected chi connectivity index (χ3v) is 5.05. The Balaban J connectivity index is 1.89. The van der Waals surface area contributed by atoms with Crippen molar-refractivity contribution in [1.29, 1.82) is 0 Å². The molecule has 1 unspecified atom stereocenters. The molecule has 0 aliphatic carbocycles. The van der Waals surface area contributed by atoms with Gasteiger partial charge in [0.05, 0.1) is 0 Å². The maximum absolute atomic E-state index is 10.6. The fourth-order valence-electron chi connectivity index (χ4n) is 3.95. The van der Waals surface area contributed by atoms with Crippen molar-refractivity contribution in [1.82, 2.24) is 0 Å². The van der Waals surface area contributed by atoms with Crippen LogP contribution in [0, 0.1) is 6.92 Å². The molecule has 26 heavy (non-hydrogen) atoms. The highest BCUT2D eigenvalue weighted by Gasteiger charge is 2.52. The van der Waals surface area contributed by atoms with Crippen LogP contribution in [-0.2, 0) is 10.3 Å². The normalized spacial score (nSPS) is 18.8. The molecule has 1 spiro atoms. The van der Waals surface area contributed by atoms with Gasteiger partial charge in [0, 0.05) is 34.4 Å². The van der Waals surface area contributed by atoms with Gasteiger partial charge in [-0.3, -0.25) is 0 Å². The van der Waals surface area contributed by atoms with Crippen molar-refractivity contribution in [2.24, 2.45) is 0 Å². The van der Waals surface area contributed by atoms with E-state index in [-0.39, 0.29) is 11.5 Å². The maximum Gasteiger partial charge on any atom is 0.183 e. The van der Waals surface area contributed by atoms with Gasteiger partial charge in [-0.25, -0.2) is 0 Å². The second-order valence-electron chi connectivity index (χ2n) is 6.71. The number of aliphatic hydroxyl groups excluding tert-OH is 1. The van der Waals surface area contributed by atoms with Crippen LogP contribution >= 0.6 is 0 Å². The first-order valence-corrected chi connectivity index (χ1v) is 8.31. The van der Waals surface area contributed by atoms with E-state index in [1.54, 1.807) is 24.3 Å². The van der Waals surface area contributed by atoms with E-state index in [0.29, 0.717) is 28.2 Å². The van der Waals surface area contributed by atoms with Crippen LogP contribution in [0.1, 0.15) is 34.1 Å². The van der Waals surface area contributed by atoms with Crippen LogP contribution in [-0.4, -0.2) is 15.3 Å². The summed E-state index contributed by atoms with van der Waals surface area (Å²) in [7, 11) is 0. The Hall–Kier alpha value is -3.02. The van der Waals surface area contributed by atoms with E-state index < -0.39 is 11.9 Å². The van der Waals surface area contributed by atoms with E-state index in [1.807, 2.05) is 25.1 Å². The molecule has 3 aromatic carbocycles. The lowest BCUT2D eigenvalue weighted by molar-refractivity contribution is -0.142. The van der Waals surface area contributed by atoms with Crippen molar-refractivity contribution in [3.8, 4) is 23.0 Å². The summed E-state index contributed by atoms with van der Waals surface area (Å²) in [6, 6.07) is 15.4. The molecule has 0 saturated carbocycles. The summed E-state index contributed by atoms with van der Waals surface area (Å²) in [6.45, 7) is 1.96. The number of rotatable bonds is 0. The van der Waals surface area contributed by atoms with Crippen molar-refractivity contribution in [3.63, 3.8) is 0 Å². The number of fused-ring (bicyclic) bond motifs is 6. The lowest BCUT2D eigenvalue weighted by Gasteiger charge is -2.37. The Morgan fingerprint density at radius 1 is 0.808 bits per heavy atom. The molecule has 0 bridgehead atoms. The Labute approximate surface area is 149 Å². The van der Waals surface area contributed by atoms with Crippen molar-refractivity contribution in [3.05, 3.63) is 82.4 Å². The van der Waals surface area contributed by atoms with Crippen LogP contribution < -0.4 is 4.74 Å². The second-order valence-corrected chi connectivity index (χ2v) is 6.71. The second kappa shape index (κ2) is 5.00. The highest BCUT2D eigenvalue weighted by molar-refractivity contribution is 5.65. The lowest BCUT2D eigenvalue weighted by Crippen LogP contribution is -2.32. The molecule has 0 saturated heterocycles. The number of phenols is 2. The minimum atomic E-state index is -1.09. The van der Waals surface area contributed by atoms with E-state index in [0.717, 1.165) is 11.1 Å². The van der Waals surface area contributed by atoms with Crippen LogP contribution in [0.15, 0.2) is 54.6 Å². The molecular formula is C21H16O5. The maximum atomic E-state index is 10.6. The van der Waals surface area contributed by atoms with E-state index in [9.17, 15) is 15.3 Å². The van der Waals surface area contributed by atoms with Gasteiger partial charge in [-0.2, -0.15) is 0 Å². The quantitative estimate of drug-likeness (QED) is 0.575. The first-order valence-electron chi connectivity index (χ1n) is 8.31. The van der Waals surface area contributed by atoms with Crippen LogP contribution in [0.25, 0.3) is 0 Å². The van der Waals surface area contributed by atoms with E-state index >= 15 is 0 Å². The predicted octanol–water partition coefficient (Wildman–Crippen LogP) is 3.82. The van der Waals surface area contributed by atoms with Gasteiger partial charge in [-0.05, 0) is 31.2 Å². The van der Waals surface area contributed by atoms with E-state index in [1.165, 1.54) is 12.1 Å². The number of benzene rings is 3. The van der Waals surface area contributed by atoms with Gasteiger partial charge in [0.15, 0.2) is 11.9 Å². The molecule has 5 nitrogen and oxygen atoms in total. The molecular weight excluding hydrogens is 332 g/mol. The molecule has 1 atom stereocenters. The van der Waals surface area contributed by atoms with Crippen molar-refractivity contribution in [2.75, 3.05) is 0 Å². The molecule has 0 amide bonds. The summed E-state index contributed by atoms with van der Waals surface area (Å²) < 4.78 is 12.1. The minimum absolute atomic E-state index is 0.0604. The predicted molar refractivity (Wildman–Crippen MR) is 93.4 cm³/mol. The highest BCUT2D eigenvalue weighted by Crippen LogP contribution is 2.59. The zero-order valence-electron chi connectivity index (χ0n) is 13.9. The number of hydrogen-bond donors (Lipinski definition) is 3. The first kappa shape index (κ1) is 15.3. The summed E-state index contributed by atoms with van der Waals surface area (Å²) in [6.07, 6.45) is -1.09. The summed E-state index contributed by atoms with van der Waals surface area (Å²) in [5, 5.41) is 30.4. The van der Waals surface area contributed by atoms with Crippen molar-refractivity contribution in [2.45, 2.75) is 18.8 Å². The van der Waals surface area contributed by atoms with Gasteiger partial charge in [0.25, 0.3) is 0 Å². The number of hydrogen-bond acceptors (Lipinski definition) is 5. The van der Waals surface area contributed by atoms with Gasteiger partial charge in [-0.1, -0.05) is 23.8 Å². The van der Waals surface area contributed by atoms with Crippen LogP contribution in [0.4, 0.5) is 0 Å². The number of ether oxygens (including phenoxy) is 2. The fourth-order valence-corrected chi connectivity index (χ4v) is 3.95. The first-order chi connectivity index (χ1) is 12.5. The molecule has 0 aromatic heterocycles. The molecule has 0 fully saturated rings. The highest BCUT2D eigenvalue weighted by atomic mass is 16.6. The zero-order valence-corrected chi connectivity index (χ0v) is 13.9. The Morgan fingerprint density at radius 2 is 1.38 bits per heavy atom. The average Bonchev–Trinajstić information content (AvgIpc) is 2.87. The van der Waals surface area contributed by atoms with Gasteiger partial charge in [0.1, 0.15) is 23.0 Å². The van der Waals surface area contributed by atoms with E-state index in [4.69, 9.17) is 9.47 Å². The molecule has 3 aromatic rings. The molecule has 3 N–H and O–H groups in total. The Kier molecular flexibility index (Phi) is 2.93. The smallest absolute Gasteiger partial charge is 0.183 e. The zero-order chi connectivity index (χ0) is 18.1. The fraction of sp³-hybridized carbons (Fsp3) is 0.143. The minimum Gasteiger partial charge on any atom is -0.508 e. The number of phenolic OH excluding ortho intramolecular Hbond substituents is 2. The summed E-state index contributed by atoms with van der Waals surface area (Å²) in [4.78, 5) is 0. The molecule has 0 radical (unpaired) electrons. The van der Waals surface area contributed by atoms with Crippen LogP contribution in [0.2, 0.25) is 0 Å². The van der Waals surface area contributed by atoms with Crippen LogP contribution in [0.5, 0.6) is 23.0 Å². The molecule has 5 rings (SSSR count). The number of aliphatic hydroxyl groups is 1. The van der Waals surface area contributed by atoms with Gasteiger partial charge in [-0.15, -0.1) is 0 Å². The van der Waals surface area contributed by atoms with E-state index in [2.05, 4.69) is 0 Å².